The highest BCUT2D eigenvalue weighted by Gasteiger charge is 2.33. The molecule has 0 spiro atoms. The van der Waals surface area contributed by atoms with Crippen molar-refractivity contribution < 1.29 is 9.53 Å². The van der Waals surface area contributed by atoms with Crippen molar-refractivity contribution in [3.05, 3.63) is 62.2 Å². The number of aromatic nitrogens is 2. The number of fused-ring (bicyclic) bond motifs is 1. The quantitative estimate of drug-likeness (QED) is 0.807. The molecule has 2 aromatic rings. The van der Waals surface area contributed by atoms with Crippen molar-refractivity contribution in [1.29, 1.82) is 0 Å². The van der Waals surface area contributed by atoms with Crippen LogP contribution in [0.15, 0.2) is 35.1 Å². The van der Waals surface area contributed by atoms with E-state index in [9.17, 15) is 9.59 Å². The Kier molecular flexibility index (Phi) is 4.18. The van der Waals surface area contributed by atoms with Crippen molar-refractivity contribution in [2.45, 2.75) is 25.5 Å². The smallest absolute Gasteiger partial charge is 0.329 e. The van der Waals surface area contributed by atoms with Crippen LogP contribution in [-0.2, 0) is 22.6 Å². The van der Waals surface area contributed by atoms with Crippen molar-refractivity contribution in [1.82, 2.24) is 9.55 Å². The summed E-state index contributed by atoms with van der Waals surface area (Å²) in [5, 5.41) is -0.0838. The van der Waals surface area contributed by atoms with Gasteiger partial charge < -0.3 is 4.74 Å². The monoisotopic (exact) mass is 338 g/mol. The van der Waals surface area contributed by atoms with Crippen LogP contribution in [0.3, 0.4) is 0 Å². The lowest BCUT2D eigenvalue weighted by molar-refractivity contribution is -0.148. The predicted molar refractivity (Wildman–Crippen MR) is 82.1 cm³/mol. The number of benzene rings is 1. The normalized spacial score (nSPS) is 16.4. The predicted octanol–water partition coefficient (Wildman–Crippen LogP) is 2.78. The summed E-state index contributed by atoms with van der Waals surface area (Å²) in [4.78, 5) is 28.1. The van der Waals surface area contributed by atoms with Crippen LogP contribution in [-0.4, -0.2) is 15.5 Å². The van der Waals surface area contributed by atoms with E-state index in [0.29, 0.717) is 18.5 Å². The minimum absolute atomic E-state index is 0.156. The first-order valence-corrected chi connectivity index (χ1v) is 7.50. The molecule has 114 valence electrons. The number of nitrogens with zero attached hydrogens (tertiary/aromatic N) is 2. The van der Waals surface area contributed by atoms with Crippen molar-refractivity contribution in [3.63, 3.8) is 0 Å². The second kappa shape index (κ2) is 6.10. The third-order valence-corrected chi connectivity index (χ3v) is 4.13. The topological polar surface area (TPSA) is 61.2 Å². The minimum atomic E-state index is -0.704. The summed E-state index contributed by atoms with van der Waals surface area (Å²) in [6.45, 7) is 0.160. The summed E-state index contributed by atoms with van der Waals surface area (Å²) in [6, 6.07) is 8.63. The Hall–Kier alpha value is -1.85. The van der Waals surface area contributed by atoms with E-state index >= 15 is 0 Å². The van der Waals surface area contributed by atoms with Gasteiger partial charge in [0, 0.05) is 0 Å². The van der Waals surface area contributed by atoms with Crippen molar-refractivity contribution >= 4 is 29.2 Å². The number of carbonyl (C=O) groups is 1. The molecule has 1 aromatic carbocycles. The highest BCUT2D eigenvalue weighted by Crippen LogP contribution is 2.29. The van der Waals surface area contributed by atoms with Gasteiger partial charge >= 0.3 is 5.97 Å². The zero-order valence-corrected chi connectivity index (χ0v) is 13.0. The number of esters is 1. The van der Waals surface area contributed by atoms with Gasteiger partial charge in [0.15, 0.2) is 10.3 Å². The van der Waals surface area contributed by atoms with E-state index in [1.807, 2.05) is 30.3 Å². The lowest BCUT2D eigenvalue weighted by Gasteiger charge is -2.14. The van der Waals surface area contributed by atoms with Crippen molar-refractivity contribution in [3.8, 4) is 0 Å². The molecule has 2 heterocycles. The van der Waals surface area contributed by atoms with Gasteiger partial charge in [0.2, 0.25) is 0 Å². The molecule has 0 saturated carbocycles. The Morgan fingerprint density at radius 2 is 2.00 bits per heavy atom. The molecule has 3 rings (SSSR count). The maximum absolute atomic E-state index is 12.3. The van der Waals surface area contributed by atoms with Gasteiger partial charge in [0.05, 0.1) is 5.69 Å². The summed E-state index contributed by atoms with van der Waals surface area (Å²) in [7, 11) is 0. The fourth-order valence-electron chi connectivity index (χ4n) is 2.52. The molecule has 0 unspecified atom stereocenters. The minimum Gasteiger partial charge on any atom is -0.459 e. The van der Waals surface area contributed by atoms with Gasteiger partial charge in [-0.3, -0.25) is 9.36 Å². The SMILES string of the molecule is O=C(OCc1ccccc1)[C@@H]1CCc2c(Cl)nc(Cl)c(=O)n21. The van der Waals surface area contributed by atoms with E-state index in [0.717, 1.165) is 5.56 Å². The summed E-state index contributed by atoms with van der Waals surface area (Å²) >= 11 is 11.7. The first kappa shape index (κ1) is 15.1. The molecule has 1 aliphatic rings. The summed E-state index contributed by atoms with van der Waals surface area (Å²) in [5.74, 6) is -0.469. The van der Waals surface area contributed by atoms with E-state index in [2.05, 4.69) is 4.98 Å². The molecule has 0 bridgehead atoms. The van der Waals surface area contributed by atoms with Crippen LogP contribution in [0.4, 0.5) is 0 Å². The fraction of sp³-hybridized carbons (Fsp3) is 0.267. The Morgan fingerprint density at radius 1 is 1.27 bits per heavy atom. The largest absolute Gasteiger partial charge is 0.459 e. The van der Waals surface area contributed by atoms with E-state index < -0.39 is 17.6 Å². The molecule has 1 atom stereocenters. The zero-order chi connectivity index (χ0) is 15.7. The third kappa shape index (κ3) is 2.74. The lowest BCUT2D eigenvalue weighted by atomic mass is 10.2. The van der Waals surface area contributed by atoms with Gasteiger partial charge in [0.1, 0.15) is 12.6 Å². The van der Waals surface area contributed by atoms with E-state index in [1.54, 1.807) is 0 Å². The Labute approximate surface area is 136 Å². The standard InChI is InChI=1S/C15H12Cl2N2O3/c16-12-10-6-7-11(19(10)14(20)13(17)18-12)15(21)22-8-9-4-2-1-3-5-9/h1-5,11H,6-8H2/t11-/m0/s1. The van der Waals surface area contributed by atoms with E-state index in [4.69, 9.17) is 27.9 Å². The molecule has 0 saturated heterocycles. The Balaban J connectivity index is 1.81. The molecular formula is C15H12Cl2N2O3. The average molecular weight is 339 g/mol. The van der Waals surface area contributed by atoms with Gasteiger partial charge in [-0.25, -0.2) is 9.78 Å². The van der Waals surface area contributed by atoms with Crippen LogP contribution in [0.25, 0.3) is 0 Å². The lowest BCUT2D eigenvalue weighted by Crippen LogP contribution is -2.30. The maximum atomic E-state index is 12.3. The molecule has 1 aliphatic heterocycles. The van der Waals surface area contributed by atoms with Crippen LogP contribution >= 0.6 is 23.2 Å². The first-order valence-electron chi connectivity index (χ1n) is 6.75. The number of carbonyl (C=O) groups excluding carboxylic acids is 1. The summed E-state index contributed by atoms with van der Waals surface area (Å²) < 4.78 is 6.59. The number of ether oxygens (including phenoxy) is 1. The number of hydrogen-bond donors (Lipinski definition) is 0. The molecule has 1 aromatic heterocycles. The second-order valence-corrected chi connectivity index (χ2v) is 5.68. The highest BCUT2D eigenvalue weighted by atomic mass is 35.5. The zero-order valence-electron chi connectivity index (χ0n) is 11.5. The van der Waals surface area contributed by atoms with Gasteiger partial charge in [-0.1, -0.05) is 53.5 Å². The molecule has 0 aliphatic carbocycles. The van der Waals surface area contributed by atoms with Gasteiger partial charge in [-0.2, -0.15) is 0 Å². The highest BCUT2D eigenvalue weighted by molar-refractivity contribution is 6.32. The molecule has 0 amide bonds. The van der Waals surface area contributed by atoms with Crippen LogP contribution in [0.2, 0.25) is 10.3 Å². The number of halogens is 2. The van der Waals surface area contributed by atoms with Crippen LogP contribution in [0.1, 0.15) is 23.7 Å². The van der Waals surface area contributed by atoms with Crippen molar-refractivity contribution in [2.75, 3.05) is 0 Å². The number of rotatable bonds is 3. The van der Waals surface area contributed by atoms with Gasteiger partial charge in [-0.15, -0.1) is 0 Å². The van der Waals surface area contributed by atoms with Crippen LogP contribution in [0, 0.1) is 0 Å². The molecule has 7 heteroatoms. The van der Waals surface area contributed by atoms with Crippen LogP contribution < -0.4 is 5.56 Å². The van der Waals surface area contributed by atoms with Gasteiger partial charge in [-0.05, 0) is 18.4 Å². The molecule has 5 nitrogen and oxygen atoms in total. The second-order valence-electron chi connectivity index (χ2n) is 4.96. The first-order chi connectivity index (χ1) is 10.6. The summed E-state index contributed by atoms with van der Waals surface area (Å²) in [6.07, 6.45) is 0.938. The van der Waals surface area contributed by atoms with Gasteiger partial charge in [0.25, 0.3) is 5.56 Å². The third-order valence-electron chi connectivity index (χ3n) is 3.58. The number of hydrogen-bond acceptors (Lipinski definition) is 4. The Morgan fingerprint density at radius 3 is 2.73 bits per heavy atom. The fourth-order valence-corrected chi connectivity index (χ4v) is 3.01. The molecule has 0 fully saturated rings. The van der Waals surface area contributed by atoms with E-state index in [1.165, 1.54) is 4.57 Å². The molecule has 22 heavy (non-hydrogen) atoms. The molecular weight excluding hydrogens is 327 g/mol. The summed E-state index contributed by atoms with van der Waals surface area (Å²) in [5.41, 5.74) is 0.894. The van der Waals surface area contributed by atoms with Crippen molar-refractivity contribution in [2.24, 2.45) is 0 Å². The van der Waals surface area contributed by atoms with E-state index in [-0.39, 0.29) is 16.9 Å². The van der Waals surface area contributed by atoms with Crippen LogP contribution in [0.5, 0.6) is 0 Å². The average Bonchev–Trinajstić information content (AvgIpc) is 2.97. The molecule has 0 N–H and O–H groups in total. The maximum Gasteiger partial charge on any atom is 0.329 e. The molecule has 0 radical (unpaired) electrons. The Bertz CT molecular complexity index is 774.